The van der Waals surface area contributed by atoms with Crippen molar-refractivity contribution in [2.24, 2.45) is 0 Å². The number of carboxylic acid groups (broad SMARTS) is 1. The van der Waals surface area contributed by atoms with E-state index >= 15 is 0 Å². The highest BCUT2D eigenvalue weighted by Crippen LogP contribution is 1.91. The van der Waals surface area contributed by atoms with Crippen molar-refractivity contribution in [3.63, 3.8) is 0 Å². The molecule has 0 aromatic rings. The number of esters is 1. The van der Waals surface area contributed by atoms with Gasteiger partial charge < -0.3 is 25.2 Å². The first-order valence-corrected chi connectivity index (χ1v) is 5.44. The van der Waals surface area contributed by atoms with Gasteiger partial charge >= 0.3 is 18.0 Å². The van der Waals surface area contributed by atoms with Crippen LogP contribution in [0, 0.1) is 0 Å². The van der Waals surface area contributed by atoms with Gasteiger partial charge in [-0.25, -0.2) is 9.59 Å². The molecule has 0 saturated carbocycles. The molecule has 3 N–H and O–H groups in total. The molecule has 8 nitrogen and oxygen atoms in total. The molecule has 18 heavy (non-hydrogen) atoms. The number of carboxylic acids is 1. The van der Waals surface area contributed by atoms with Gasteiger partial charge in [0.2, 0.25) is 0 Å². The topological polar surface area (TPSA) is 116 Å². The van der Waals surface area contributed by atoms with Gasteiger partial charge in [-0.15, -0.1) is 0 Å². The predicted molar refractivity (Wildman–Crippen MR) is 60.9 cm³/mol. The number of nitrogens with one attached hydrogen (secondary N) is 1. The van der Waals surface area contributed by atoms with E-state index in [0.29, 0.717) is 0 Å². The summed E-state index contributed by atoms with van der Waals surface area (Å²) in [4.78, 5) is 33.9. The number of aliphatic hydroxyl groups excluding tert-OH is 1. The average molecular weight is 262 g/mol. The molecule has 0 rings (SSSR count). The van der Waals surface area contributed by atoms with E-state index in [2.05, 4.69) is 10.1 Å². The number of rotatable bonds is 7. The van der Waals surface area contributed by atoms with Crippen LogP contribution < -0.4 is 5.32 Å². The van der Waals surface area contributed by atoms with Gasteiger partial charge in [-0.05, 0) is 6.92 Å². The molecule has 0 aliphatic carbocycles. The van der Waals surface area contributed by atoms with Crippen LogP contribution >= 0.6 is 0 Å². The highest BCUT2D eigenvalue weighted by molar-refractivity contribution is 5.80. The summed E-state index contributed by atoms with van der Waals surface area (Å²) >= 11 is 0. The Bertz CT molecular complexity index is 307. The van der Waals surface area contributed by atoms with E-state index in [9.17, 15) is 14.4 Å². The van der Waals surface area contributed by atoms with Crippen LogP contribution in [0.4, 0.5) is 4.79 Å². The number of carbonyl (C=O) groups excluding carboxylic acids is 2. The lowest BCUT2D eigenvalue weighted by molar-refractivity contribution is -0.146. The molecule has 0 aliphatic rings. The molecular weight excluding hydrogens is 244 g/mol. The van der Waals surface area contributed by atoms with Crippen LogP contribution in [0.15, 0.2) is 0 Å². The highest BCUT2D eigenvalue weighted by Gasteiger charge is 2.15. The lowest BCUT2D eigenvalue weighted by atomic mass is 10.2. The van der Waals surface area contributed by atoms with Gasteiger partial charge in [-0.2, -0.15) is 0 Å². The Labute approximate surface area is 105 Å². The van der Waals surface area contributed by atoms with Crippen LogP contribution in [0.5, 0.6) is 0 Å². The van der Waals surface area contributed by atoms with Crippen LogP contribution in [-0.2, 0) is 14.3 Å². The second-order valence-electron chi connectivity index (χ2n) is 3.54. The second-order valence-corrected chi connectivity index (χ2v) is 3.54. The van der Waals surface area contributed by atoms with Gasteiger partial charge in [0.15, 0.2) is 6.10 Å². The number of aliphatic hydroxyl groups is 1. The maximum Gasteiger partial charge on any atom is 0.332 e. The zero-order valence-electron chi connectivity index (χ0n) is 10.4. The van der Waals surface area contributed by atoms with Crippen LogP contribution in [0.25, 0.3) is 0 Å². The molecule has 0 bridgehead atoms. The minimum Gasteiger partial charge on any atom is -0.479 e. The maximum atomic E-state index is 11.4. The molecule has 0 aliphatic heterocycles. The van der Waals surface area contributed by atoms with Crippen LogP contribution in [0.2, 0.25) is 0 Å². The number of nitrogens with zero attached hydrogens (tertiary/aromatic N) is 1. The van der Waals surface area contributed by atoms with Gasteiger partial charge in [0, 0.05) is 20.0 Å². The summed E-state index contributed by atoms with van der Waals surface area (Å²) < 4.78 is 4.66. The van der Waals surface area contributed by atoms with Crippen molar-refractivity contribution >= 4 is 18.0 Å². The molecule has 1 atom stereocenters. The summed E-state index contributed by atoms with van der Waals surface area (Å²) in [6.45, 7) is 1.70. The molecule has 2 amide bonds. The maximum absolute atomic E-state index is 11.4. The van der Waals surface area contributed by atoms with Crippen molar-refractivity contribution in [3.8, 4) is 0 Å². The zero-order chi connectivity index (χ0) is 14.1. The molecule has 0 radical (unpaired) electrons. The Morgan fingerprint density at radius 1 is 1.39 bits per heavy atom. The van der Waals surface area contributed by atoms with E-state index in [4.69, 9.17) is 10.2 Å². The van der Waals surface area contributed by atoms with Crippen molar-refractivity contribution in [1.82, 2.24) is 10.2 Å². The number of aliphatic carboxylic acids is 1. The molecule has 0 saturated heterocycles. The second kappa shape index (κ2) is 8.29. The number of urea groups is 1. The lowest BCUT2D eigenvalue weighted by Crippen LogP contribution is -2.41. The number of hydrogen-bond donors (Lipinski definition) is 3. The summed E-state index contributed by atoms with van der Waals surface area (Å²) in [6, 6.07) is -0.541. The van der Waals surface area contributed by atoms with Crippen molar-refractivity contribution < 1.29 is 29.3 Å². The molecule has 0 heterocycles. The van der Waals surface area contributed by atoms with Gasteiger partial charge in [0.1, 0.15) is 6.54 Å². The zero-order valence-corrected chi connectivity index (χ0v) is 10.4. The Kier molecular flexibility index (Phi) is 7.45. The van der Waals surface area contributed by atoms with Crippen molar-refractivity contribution in [2.75, 3.05) is 26.7 Å². The van der Waals surface area contributed by atoms with E-state index in [1.807, 2.05) is 0 Å². The number of ether oxygens (including phenoxy) is 1. The molecule has 0 unspecified atom stereocenters. The standard InChI is InChI=1S/C10H18N2O6/c1-3-18-8(14)6-12(2)10(17)11-5-4-7(13)9(15)16/h7,13H,3-6H2,1-2H3,(H,11,17)(H,15,16)/t7-/m0/s1. The predicted octanol–water partition coefficient (Wildman–Crippen LogP) is -0.973. The first-order valence-electron chi connectivity index (χ1n) is 5.44. The molecular formula is C10H18N2O6. The largest absolute Gasteiger partial charge is 0.479 e. The molecule has 0 aromatic carbocycles. The Hall–Kier alpha value is -1.83. The summed E-state index contributed by atoms with van der Waals surface area (Å²) in [7, 11) is 1.40. The Morgan fingerprint density at radius 2 is 2.00 bits per heavy atom. The molecule has 0 aromatic heterocycles. The fraction of sp³-hybridized carbons (Fsp3) is 0.700. The third kappa shape index (κ3) is 6.69. The van der Waals surface area contributed by atoms with E-state index in [0.717, 1.165) is 4.90 Å². The molecule has 0 fully saturated rings. The lowest BCUT2D eigenvalue weighted by Gasteiger charge is -2.17. The van der Waals surface area contributed by atoms with Crippen molar-refractivity contribution in [1.29, 1.82) is 0 Å². The summed E-state index contributed by atoms with van der Waals surface area (Å²) in [5, 5.41) is 19.7. The quantitative estimate of drug-likeness (QED) is 0.508. The van der Waals surface area contributed by atoms with Gasteiger partial charge in [-0.1, -0.05) is 0 Å². The molecule has 0 spiro atoms. The fourth-order valence-electron chi connectivity index (χ4n) is 1.05. The summed E-state index contributed by atoms with van der Waals surface area (Å²) in [6.07, 6.45) is -1.62. The van der Waals surface area contributed by atoms with Crippen LogP contribution in [-0.4, -0.2) is 65.9 Å². The Morgan fingerprint density at radius 3 is 2.50 bits per heavy atom. The normalized spacial score (nSPS) is 11.5. The first-order chi connectivity index (χ1) is 8.38. The number of likely N-dealkylation sites (N-methyl/N-ethyl adjacent to an activating group) is 1. The fourth-order valence-corrected chi connectivity index (χ4v) is 1.05. The summed E-state index contributed by atoms with van der Waals surface area (Å²) in [5.74, 6) is -1.87. The monoisotopic (exact) mass is 262 g/mol. The van der Waals surface area contributed by atoms with Crippen molar-refractivity contribution in [3.05, 3.63) is 0 Å². The smallest absolute Gasteiger partial charge is 0.332 e. The Balaban J connectivity index is 3.88. The van der Waals surface area contributed by atoms with E-state index < -0.39 is 24.1 Å². The van der Waals surface area contributed by atoms with E-state index in [1.165, 1.54) is 7.05 Å². The minimum absolute atomic E-state index is 0.000530. The number of amides is 2. The van der Waals surface area contributed by atoms with Crippen LogP contribution in [0.3, 0.4) is 0 Å². The molecule has 104 valence electrons. The first kappa shape index (κ1) is 16.2. The van der Waals surface area contributed by atoms with E-state index in [1.54, 1.807) is 6.92 Å². The third-order valence-corrected chi connectivity index (χ3v) is 2.00. The third-order valence-electron chi connectivity index (χ3n) is 2.00. The SMILES string of the molecule is CCOC(=O)CN(C)C(=O)NCC[C@H](O)C(=O)O. The minimum atomic E-state index is -1.51. The molecule has 8 heteroatoms. The van der Waals surface area contributed by atoms with Crippen LogP contribution in [0.1, 0.15) is 13.3 Å². The van der Waals surface area contributed by atoms with Gasteiger partial charge in [-0.3, -0.25) is 4.79 Å². The average Bonchev–Trinajstić information content (AvgIpc) is 2.28. The van der Waals surface area contributed by atoms with Gasteiger partial charge in [0.25, 0.3) is 0 Å². The number of hydrogen-bond acceptors (Lipinski definition) is 5. The highest BCUT2D eigenvalue weighted by atomic mass is 16.5. The van der Waals surface area contributed by atoms with E-state index in [-0.39, 0.29) is 26.1 Å². The van der Waals surface area contributed by atoms with Crippen molar-refractivity contribution in [2.45, 2.75) is 19.4 Å². The van der Waals surface area contributed by atoms with Gasteiger partial charge in [0.05, 0.1) is 6.61 Å². The summed E-state index contributed by atoms with van der Waals surface area (Å²) in [5.41, 5.74) is 0. The number of carbonyl (C=O) groups is 3.